The third-order valence-electron chi connectivity index (χ3n) is 5.28. The first-order valence-electron chi connectivity index (χ1n) is 10.4. The molecule has 0 fully saturated rings. The molecule has 8 heteroatoms. The number of amides is 2. The number of rotatable bonds is 6. The average Bonchev–Trinajstić information content (AvgIpc) is 2.85. The number of ether oxygens (including phenoxy) is 1. The summed E-state index contributed by atoms with van der Waals surface area (Å²) in [6, 6.07) is 17.1. The van der Waals surface area contributed by atoms with Crippen LogP contribution in [0.1, 0.15) is 56.2 Å². The molecule has 0 aliphatic carbocycles. The van der Waals surface area contributed by atoms with E-state index in [0.717, 1.165) is 5.56 Å². The highest BCUT2D eigenvalue weighted by Crippen LogP contribution is 2.24. The lowest BCUT2D eigenvalue weighted by Crippen LogP contribution is -2.18. The van der Waals surface area contributed by atoms with Gasteiger partial charge in [0.05, 0.1) is 30.5 Å². The van der Waals surface area contributed by atoms with Gasteiger partial charge in [-0.1, -0.05) is 18.2 Å². The number of esters is 1. The predicted octanol–water partition coefficient (Wildman–Crippen LogP) is 4.48. The number of hydrogen-bond donors (Lipinski definition) is 2. The van der Waals surface area contributed by atoms with E-state index in [1.165, 1.54) is 19.4 Å². The van der Waals surface area contributed by atoms with Gasteiger partial charge >= 0.3 is 5.97 Å². The van der Waals surface area contributed by atoms with Crippen molar-refractivity contribution < 1.29 is 19.1 Å². The van der Waals surface area contributed by atoms with Crippen LogP contribution in [0.25, 0.3) is 0 Å². The quantitative estimate of drug-likeness (QED) is 0.528. The van der Waals surface area contributed by atoms with Crippen molar-refractivity contribution >= 4 is 29.2 Å². The maximum atomic E-state index is 12.8. The molecule has 0 aliphatic heterocycles. The topological polar surface area (TPSA) is 121 Å². The molecule has 2 amide bonds. The standard InChI is InChI=1S/C26H24N4O4/c1-16-8-9-19(29-23(31)17-6-5-7-18(12-17)26(2,3)15-27)13-21(16)24(32)30-20-10-11-22(28-14-20)25(33)34-4/h5-14H,1-4H3,(H,29,31)(H,30,32). The molecule has 0 atom stereocenters. The Labute approximate surface area is 197 Å². The smallest absolute Gasteiger partial charge is 0.356 e. The second-order valence-corrected chi connectivity index (χ2v) is 8.18. The Morgan fingerprint density at radius 3 is 2.32 bits per heavy atom. The number of carbonyl (C=O) groups excluding carboxylic acids is 3. The summed E-state index contributed by atoms with van der Waals surface area (Å²) >= 11 is 0. The van der Waals surface area contributed by atoms with Gasteiger partial charge in [-0.15, -0.1) is 0 Å². The number of hydrogen-bond acceptors (Lipinski definition) is 6. The Kier molecular flexibility index (Phi) is 7.07. The first-order valence-corrected chi connectivity index (χ1v) is 10.4. The number of nitriles is 1. The van der Waals surface area contributed by atoms with Gasteiger partial charge in [-0.3, -0.25) is 9.59 Å². The molecular formula is C26H24N4O4. The molecule has 0 aliphatic rings. The average molecular weight is 457 g/mol. The Bertz CT molecular complexity index is 1290. The van der Waals surface area contributed by atoms with Gasteiger partial charge in [0.2, 0.25) is 0 Å². The lowest BCUT2D eigenvalue weighted by molar-refractivity contribution is 0.0594. The maximum Gasteiger partial charge on any atom is 0.356 e. The van der Waals surface area contributed by atoms with E-state index in [1.54, 1.807) is 69.3 Å². The molecule has 34 heavy (non-hydrogen) atoms. The van der Waals surface area contributed by atoms with E-state index < -0.39 is 11.4 Å². The molecule has 0 bridgehead atoms. The Morgan fingerprint density at radius 1 is 0.971 bits per heavy atom. The summed E-state index contributed by atoms with van der Waals surface area (Å²) in [5.74, 6) is -1.31. The minimum atomic E-state index is -0.727. The zero-order chi connectivity index (χ0) is 24.9. The van der Waals surface area contributed by atoms with Crippen LogP contribution in [0.3, 0.4) is 0 Å². The van der Waals surface area contributed by atoms with Crippen LogP contribution in [0, 0.1) is 18.3 Å². The van der Waals surface area contributed by atoms with Gasteiger partial charge in [0.1, 0.15) is 5.69 Å². The van der Waals surface area contributed by atoms with Crippen LogP contribution < -0.4 is 10.6 Å². The molecule has 0 spiro atoms. The summed E-state index contributed by atoms with van der Waals surface area (Å²) in [6.45, 7) is 5.35. The lowest BCUT2D eigenvalue weighted by Gasteiger charge is -2.16. The fourth-order valence-corrected chi connectivity index (χ4v) is 3.15. The molecule has 0 saturated carbocycles. The highest BCUT2D eigenvalue weighted by Gasteiger charge is 2.21. The van der Waals surface area contributed by atoms with E-state index in [4.69, 9.17) is 0 Å². The molecule has 3 aromatic rings. The first-order chi connectivity index (χ1) is 16.1. The zero-order valence-electron chi connectivity index (χ0n) is 19.3. The predicted molar refractivity (Wildman–Crippen MR) is 128 cm³/mol. The number of methoxy groups -OCH3 is 1. The number of nitrogens with zero attached hydrogens (tertiary/aromatic N) is 2. The molecule has 2 N–H and O–H groups in total. The molecule has 0 saturated heterocycles. The molecule has 1 aromatic heterocycles. The monoisotopic (exact) mass is 456 g/mol. The van der Waals surface area contributed by atoms with E-state index >= 15 is 0 Å². The minimum absolute atomic E-state index is 0.128. The van der Waals surface area contributed by atoms with Gasteiger partial charge < -0.3 is 15.4 Å². The van der Waals surface area contributed by atoms with E-state index in [-0.39, 0.29) is 17.5 Å². The van der Waals surface area contributed by atoms with Gasteiger partial charge in [0, 0.05) is 16.8 Å². The molecule has 172 valence electrons. The van der Waals surface area contributed by atoms with Crippen LogP contribution in [0.2, 0.25) is 0 Å². The van der Waals surface area contributed by atoms with Crippen LogP contribution in [0.4, 0.5) is 11.4 Å². The van der Waals surface area contributed by atoms with E-state index in [2.05, 4.69) is 26.4 Å². The van der Waals surface area contributed by atoms with E-state index in [9.17, 15) is 19.6 Å². The van der Waals surface area contributed by atoms with Crippen molar-refractivity contribution in [3.63, 3.8) is 0 Å². The van der Waals surface area contributed by atoms with Crippen LogP contribution in [-0.2, 0) is 10.2 Å². The van der Waals surface area contributed by atoms with Crippen LogP contribution in [0.15, 0.2) is 60.8 Å². The van der Waals surface area contributed by atoms with Crippen LogP contribution in [-0.4, -0.2) is 29.9 Å². The molecule has 0 radical (unpaired) electrons. The Morgan fingerprint density at radius 2 is 1.68 bits per heavy atom. The van der Waals surface area contributed by atoms with E-state index in [1.807, 2.05) is 0 Å². The molecular weight excluding hydrogens is 432 g/mol. The number of aryl methyl sites for hydroxylation is 1. The molecule has 8 nitrogen and oxygen atoms in total. The normalized spacial score (nSPS) is 10.7. The fourth-order valence-electron chi connectivity index (χ4n) is 3.15. The van der Waals surface area contributed by atoms with Crippen molar-refractivity contribution in [2.45, 2.75) is 26.2 Å². The summed E-state index contributed by atoms with van der Waals surface area (Å²) < 4.78 is 4.61. The summed E-state index contributed by atoms with van der Waals surface area (Å²) in [7, 11) is 1.26. The molecule has 3 rings (SSSR count). The molecule has 2 aromatic carbocycles. The van der Waals surface area contributed by atoms with Crippen molar-refractivity contribution in [1.29, 1.82) is 5.26 Å². The van der Waals surface area contributed by atoms with Crippen molar-refractivity contribution in [3.8, 4) is 6.07 Å². The van der Waals surface area contributed by atoms with Crippen molar-refractivity contribution in [3.05, 3.63) is 88.7 Å². The summed E-state index contributed by atoms with van der Waals surface area (Å²) in [5, 5.41) is 14.9. The van der Waals surface area contributed by atoms with Gasteiger partial charge in [0.15, 0.2) is 0 Å². The number of benzene rings is 2. The first kappa shape index (κ1) is 24.1. The number of nitrogens with one attached hydrogen (secondary N) is 2. The van der Waals surface area contributed by atoms with Crippen LogP contribution >= 0.6 is 0 Å². The second-order valence-electron chi connectivity index (χ2n) is 8.18. The number of pyridine rings is 1. The third kappa shape index (κ3) is 5.45. The largest absolute Gasteiger partial charge is 0.464 e. The number of aromatic nitrogens is 1. The van der Waals surface area contributed by atoms with Gasteiger partial charge in [-0.05, 0) is 68.3 Å². The van der Waals surface area contributed by atoms with Gasteiger partial charge in [-0.2, -0.15) is 5.26 Å². The highest BCUT2D eigenvalue weighted by molar-refractivity contribution is 6.08. The Balaban J connectivity index is 1.77. The van der Waals surface area contributed by atoms with Crippen molar-refractivity contribution in [2.24, 2.45) is 0 Å². The van der Waals surface area contributed by atoms with Crippen molar-refractivity contribution in [2.75, 3.05) is 17.7 Å². The summed E-state index contributed by atoms with van der Waals surface area (Å²) in [4.78, 5) is 41.1. The lowest BCUT2D eigenvalue weighted by atomic mass is 9.85. The zero-order valence-corrected chi connectivity index (χ0v) is 19.3. The second kappa shape index (κ2) is 9.96. The molecule has 1 heterocycles. The van der Waals surface area contributed by atoms with Crippen LogP contribution in [0.5, 0.6) is 0 Å². The van der Waals surface area contributed by atoms with Gasteiger partial charge in [0.25, 0.3) is 11.8 Å². The molecule has 0 unspecified atom stereocenters. The highest BCUT2D eigenvalue weighted by atomic mass is 16.5. The number of anilines is 2. The maximum absolute atomic E-state index is 12.8. The third-order valence-corrected chi connectivity index (χ3v) is 5.28. The Hall–Kier alpha value is -4.51. The summed E-state index contributed by atoms with van der Waals surface area (Å²) in [6.07, 6.45) is 1.36. The van der Waals surface area contributed by atoms with Gasteiger partial charge in [-0.25, -0.2) is 9.78 Å². The minimum Gasteiger partial charge on any atom is -0.464 e. The number of carbonyl (C=O) groups is 3. The van der Waals surface area contributed by atoms with Crippen molar-refractivity contribution in [1.82, 2.24) is 4.98 Å². The SMILES string of the molecule is COC(=O)c1ccc(NC(=O)c2cc(NC(=O)c3cccc(C(C)(C)C#N)c3)ccc2C)cn1. The fraction of sp³-hybridized carbons (Fsp3) is 0.192. The summed E-state index contributed by atoms with van der Waals surface area (Å²) in [5.41, 5.74) is 2.48. The van der Waals surface area contributed by atoms with E-state index in [0.29, 0.717) is 28.1 Å².